The van der Waals surface area contributed by atoms with Crippen LogP contribution in [0.4, 0.5) is 19.7 Å². The van der Waals surface area contributed by atoms with Crippen molar-refractivity contribution in [2.75, 3.05) is 38.7 Å². The van der Waals surface area contributed by atoms with Crippen LogP contribution in [0.1, 0.15) is 12.8 Å². The minimum absolute atomic E-state index is 0.00785. The van der Waals surface area contributed by atoms with E-state index in [2.05, 4.69) is 16.0 Å². The summed E-state index contributed by atoms with van der Waals surface area (Å²) in [7, 11) is 1.58. The van der Waals surface area contributed by atoms with Crippen LogP contribution in [0, 0.1) is 5.82 Å². The van der Waals surface area contributed by atoms with E-state index in [-0.39, 0.29) is 23.9 Å². The maximum absolute atomic E-state index is 12.8. The molecule has 0 aliphatic carbocycles. The summed E-state index contributed by atoms with van der Waals surface area (Å²) < 4.78 is 17.7. The van der Waals surface area contributed by atoms with E-state index < -0.39 is 0 Å². The molecule has 1 saturated heterocycles. The summed E-state index contributed by atoms with van der Waals surface area (Å²) in [5.41, 5.74) is 0.531. The Balaban J connectivity index is 1.69. The third-order valence-corrected chi connectivity index (χ3v) is 3.80. The second-order valence-corrected chi connectivity index (χ2v) is 5.59. The number of nitrogens with one attached hydrogen (secondary N) is 3. The number of urea groups is 2. The first kappa shape index (κ1) is 18.0. The Bertz CT molecular complexity index is 545. The van der Waals surface area contributed by atoms with E-state index in [4.69, 9.17) is 4.74 Å². The standard InChI is InChI=1S/C16H23FN4O3/c1-24-11-8-18-16(23)21-9-6-14(7-10-21)20-15(22)19-13-4-2-12(17)3-5-13/h2-5,14H,6-11H2,1H3,(H,18,23)(H2,19,20,22). The number of hydrogen-bond donors (Lipinski definition) is 3. The van der Waals surface area contributed by atoms with E-state index >= 15 is 0 Å². The largest absolute Gasteiger partial charge is 0.383 e. The zero-order chi connectivity index (χ0) is 17.4. The van der Waals surface area contributed by atoms with Gasteiger partial charge in [-0.05, 0) is 37.1 Å². The third kappa shape index (κ3) is 5.69. The highest BCUT2D eigenvalue weighted by molar-refractivity contribution is 5.89. The molecule has 0 spiro atoms. The first-order chi connectivity index (χ1) is 11.6. The van der Waals surface area contributed by atoms with Crippen molar-refractivity contribution < 1.29 is 18.7 Å². The van der Waals surface area contributed by atoms with Gasteiger partial charge in [-0.15, -0.1) is 0 Å². The molecule has 0 saturated carbocycles. The normalized spacial score (nSPS) is 15.0. The van der Waals surface area contributed by atoms with Gasteiger partial charge in [0, 0.05) is 38.5 Å². The van der Waals surface area contributed by atoms with Gasteiger partial charge >= 0.3 is 12.1 Å². The Morgan fingerprint density at radius 3 is 2.54 bits per heavy atom. The summed E-state index contributed by atoms with van der Waals surface area (Å²) in [6, 6.07) is 5.15. The fourth-order valence-corrected chi connectivity index (χ4v) is 2.48. The molecule has 1 aromatic carbocycles. The van der Waals surface area contributed by atoms with Gasteiger partial charge in [0.15, 0.2) is 0 Å². The highest BCUT2D eigenvalue weighted by atomic mass is 19.1. The van der Waals surface area contributed by atoms with Crippen LogP contribution in [0.15, 0.2) is 24.3 Å². The van der Waals surface area contributed by atoms with E-state index in [1.165, 1.54) is 24.3 Å². The fourth-order valence-electron chi connectivity index (χ4n) is 2.48. The predicted molar refractivity (Wildman–Crippen MR) is 88.4 cm³/mol. The van der Waals surface area contributed by atoms with Crippen molar-refractivity contribution in [1.82, 2.24) is 15.5 Å². The molecule has 1 aromatic rings. The SMILES string of the molecule is COCCNC(=O)N1CCC(NC(=O)Nc2ccc(F)cc2)CC1. The van der Waals surface area contributed by atoms with Crippen molar-refractivity contribution in [3.63, 3.8) is 0 Å². The molecule has 0 atom stereocenters. The van der Waals surface area contributed by atoms with Crippen molar-refractivity contribution >= 4 is 17.7 Å². The lowest BCUT2D eigenvalue weighted by molar-refractivity contribution is 0.166. The number of nitrogens with zero attached hydrogens (tertiary/aromatic N) is 1. The molecule has 24 heavy (non-hydrogen) atoms. The number of halogens is 1. The summed E-state index contributed by atoms with van der Waals surface area (Å²) in [5, 5.41) is 8.31. The number of carbonyl (C=O) groups excluding carboxylic acids is 2. The van der Waals surface area contributed by atoms with Gasteiger partial charge in [0.25, 0.3) is 0 Å². The molecule has 1 heterocycles. The van der Waals surface area contributed by atoms with Crippen LogP contribution >= 0.6 is 0 Å². The third-order valence-electron chi connectivity index (χ3n) is 3.80. The number of rotatable bonds is 5. The number of ether oxygens (including phenoxy) is 1. The first-order valence-electron chi connectivity index (χ1n) is 7.93. The fraction of sp³-hybridized carbons (Fsp3) is 0.500. The Morgan fingerprint density at radius 2 is 1.92 bits per heavy atom. The van der Waals surface area contributed by atoms with Crippen LogP contribution in [-0.2, 0) is 4.74 Å². The number of benzene rings is 1. The molecule has 0 radical (unpaired) electrons. The molecular weight excluding hydrogens is 315 g/mol. The quantitative estimate of drug-likeness (QED) is 0.716. The van der Waals surface area contributed by atoms with Crippen LogP contribution in [0.3, 0.4) is 0 Å². The molecule has 2 rings (SSSR count). The Hall–Kier alpha value is -2.35. The maximum Gasteiger partial charge on any atom is 0.319 e. The van der Waals surface area contributed by atoms with E-state index in [1.54, 1.807) is 12.0 Å². The van der Waals surface area contributed by atoms with Crippen LogP contribution < -0.4 is 16.0 Å². The summed E-state index contributed by atoms with van der Waals surface area (Å²) in [6.45, 7) is 2.13. The lowest BCUT2D eigenvalue weighted by atomic mass is 10.1. The van der Waals surface area contributed by atoms with E-state index in [9.17, 15) is 14.0 Å². The number of amides is 4. The summed E-state index contributed by atoms with van der Waals surface area (Å²) in [4.78, 5) is 25.6. The molecule has 1 aliphatic rings. The summed E-state index contributed by atoms with van der Waals surface area (Å²) in [5.74, 6) is -0.350. The second-order valence-electron chi connectivity index (χ2n) is 5.59. The van der Waals surface area contributed by atoms with Crippen LogP contribution in [0.25, 0.3) is 0 Å². The van der Waals surface area contributed by atoms with Crippen molar-refractivity contribution in [2.45, 2.75) is 18.9 Å². The number of piperidine rings is 1. The van der Waals surface area contributed by atoms with E-state index in [0.717, 1.165) is 0 Å². The molecule has 3 N–H and O–H groups in total. The maximum atomic E-state index is 12.8. The lowest BCUT2D eigenvalue weighted by Gasteiger charge is -2.32. The van der Waals surface area contributed by atoms with Crippen LogP contribution in [0.5, 0.6) is 0 Å². The second kappa shape index (κ2) is 9.07. The minimum Gasteiger partial charge on any atom is -0.383 e. The average molecular weight is 338 g/mol. The van der Waals surface area contributed by atoms with Gasteiger partial charge in [-0.1, -0.05) is 0 Å². The molecule has 4 amide bonds. The number of methoxy groups -OCH3 is 1. The molecule has 8 heteroatoms. The van der Waals surface area contributed by atoms with Crippen LogP contribution in [0.2, 0.25) is 0 Å². The lowest BCUT2D eigenvalue weighted by Crippen LogP contribution is -2.50. The molecule has 132 valence electrons. The molecule has 0 unspecified atom stereocenters. The molecule has 0 aromatic heterocycles. The first-order valence-corrected chi connectivity index (χ1v) is 7.93. The predicted octanol–water partition coefficient (Wildman–Crippen LogP) is 1.77. The minimum atomic E-state index is -0.350. The van der Waals surface area contributed by atoms with Gasteiger partial charge in [-0.3, -0.25) is 0 Å². The molecular formula is C16H23FN4O3. The number of anilines is 1. The topological polar surface area (TPSA) is 82.7 Å². The highest BCUT2D eigenvalue weighted by Crippen LogP contribution is 2.12. The van der Waals surface area contributed by atoms with Gasteiger partial charge < -0.3 is 25.6 Å². The van der Waals surface area contributed by atoms with E-state index in [1.807, 2.05) is 0 Å². The zero-order valence-electron chi connectivity index (χ0n) is 13.7. The average Bonchev–Trinajstić information content (AvgIpc) is 2.58. The van der Waals surface area contributed by atoms with Gasteiger partial charge in [0.2, 0.25) is 0 Å². The Labute approximate surface area is 140 Å². The molecule has 1 aliphatic heterocycles. The van der Waals surface area contributed by atoms with Crippen LogP contribution in [-0.4, -0.2) is 56.4 Å². The van der Waals surface area contributed by atoms with Gasteiger partial charge in [0.1, 0.15) is 5.82 Å². The van der Waals surface area contributed by atoms with Gasteiger partial charge in [-0.25, -0.2) is 14.0 Å². The smallest absolute Gasteiger partial charge is 0.319 e. The van der Waals surface area contributed by atoms with Crippen molar-refractivity contribution in [3.8, 4) is 0 Å². The number of carbonyl (C=O) groups is 2. The Kier molecular flexibility index (Phi) is 6.80. The monoisotopic (exact) mass is 338 g/mol. The summed E-state index contributed by atoms with van der Waals surface area (Å²) >= 11 is 0. The zero-order valence-corrected chi connectivity index (χ0v) is 13.7. The molecule has 1 fully saturated rings. The Morgan fingerprint density at radius 1 is 1.25 bits per heavy atom. The van der Waals surface area contributed by atoms with E-state index in [0.29, 0.717) is 44.8 Å². The highest BCUT2D eigenvalue weighted by Gasteiger charge is 2.23. The summed E-state index contributed by atoms with van der Waals surface area (Å²) in [6.07, 6.45) is 1.38. The van der Waals surface area contributed by atoms with Crippen molar-refractivity contribution in [1.29, 1.82) is 0 Å². The van der Waals surface area contributed by atoms with Gasteiger partial charge in [0.05, 0.1) is 6.61 Å². The van der Waals surface area contributed by atoms with Crippen molar-refractivity contribution in [2.24, 2.45) is 0 Å². The number of hydrogen-bond acceptors (Lipinski definition) is 3. The molecule has 0 bridgehead atoms. The molecule has 7 nitrogen and oxygen atoms in total. The van der Waals surface area contributed by atoms with Gasteiger partial charge in [-0.2, -0.15) is 0 Å². The number of likely N-dealkylation sites (tertiary alicyclic amines) is 1. The van der Waals surface area contributed by atoms with Crippen molar-refractivity contribution in [3.05, 3.63) is 30.1 Å².